The molecular formula is C20H27N3O5S. The number of nitrogens with two attached hydrogens (primary N) is 1. The van der Waals surface area contributed by atoms with E-state index in [0.717, 1.165) is 11.1 Å². The molecule has 9 heteroatoms. The summed E-state index contributed by atoms with van der Waals surface area (Å²) < 4.78 is 33.2. The first-order valence-corrected chi connectivity index (χ1v) is 10.6. The van der Waals surface area contributed by atoms with Crippen molar-refractivity contribution in [2.24, 2.45) is 5.14 Å². The number of nitrogens with one attached hydrogen (secondary N) is 1. The summed E-state index contributed by atoms with van der Waals surface area (Å²) in [5.41, 5.74) is 1.81. The minimum Gasteiger partial charge on any atom is -0.493 e. The molecule has 1 atom stereocenters. The molecule has 0 aromatic heterocycles. The molecule has 0 aliphatic heterocycles. The topological polar surface area (TPSA) is 111 Å². The molecule has 0 spiro atoms. The highest BCUT2D eigenvalue weighted by atomic mass is 32.2. The number of urea groups is 1. The molecular weight excluding hydrogens is 394 g/mol. The Hall–Kier alpha value is -2.78. The van der Waals surface area contributed by atoms with E-state index in [-0.39, 0.29) is 17.0 Å². The molecule has 0 bridgehead atoms. The van der Waals surface area contributed by atoms with Crippen LogP contribution >= 0.6 is 0 Å². The summed E-state index contributed by atoms with van der Waals surface area (Å²) in [6.45, 7) is 2.32. The van der Waals surface area contributed by atoms with Crippen LogP contribution in [-0.4, -0.2) is 47.2 Å². The Labute approximate surface area is 171 Å². The first kappa shape index (κ1) is 22.5. The van der Waals surface area contributed by atoms with Gasteiger partial charge < -0.3 is 19.7 Å². The molecule has 0 aliphatic carbocycles. The molecule has 3 N–H and O–H groups in total. The minimum atomic E-state index is -3.74. The van der Waals surface area contributed by atoms with Gasteiger partial charge in [0.05, 0.1) is 25.2 Å². The second-order valence-electron chi connectivity index (χ2n) is 6.57. The maximum atomic E-state index is 12.5. The molecule has 0 saturated heterocycles. The SMILES string of the molecule is COc1ccc(CCNC(=O)N(C)[C@H](C)c2ccc(S(N)(=O)=O)cc2)cc1OC. The van der Waals surface area contributed by atoms with Crippen LogP contribution in [0.3, 0.4) is 0 Å². The van der Waals surface area contributed by atoms with Crippen LogP contribution in [0.25, 0.3) is 0 Å². The number of benzene rings is 2. The van der Waals surface area contributed by atoms with Crippen LogP contribution in [0.2, 0.25) is 0 Å². The quantitative estimate of drug-likeness (QED) is 0.679. The molecule has 0 radical (unpaired) electrons. The summed E-state index contributed by atoms with van der Waals surface area (Å²) in [6.07, 6.45) is 0.636. The van der Waals surface area contributed by atoms with E-state index in [9.17, 15) is 13.2 Å². The van der Waals surface area contributed by atoms with Crippen LogP contribution in [0, 0.1) is 0 Å². The van der Waals surface area contributed by atoms with Gasteiger partial charge in [-0.25, -0.2) is 18.4 Å². The van der Waals surface area contributed by atoms with Crippen molar-refractivity contribution in [3.8, 4) is 11.5 Å². The van der Waals surface area contributed by atoms with E-state index in [1.807, 2.05) is 25.1 Å². The lowest BCUT2D eigenvalue weighted by molar-refractivity contribution is 0.194. The van der Waals surface area contributed by atoms with E-state index in [2.05, 4.69) is 5.32 Å². The Bertz CT molecular complexity index is 945. The normalized spacial score (nSPS) is 12.2. The van der Waals surface area contributed by atoms with E-state index >= 15 is 0 Å². The molecule has 0 saturated carbocycles. The van der Waals surface area contributed by atoms with Gasteiger partial charge in [0.2, 0.25) is 10.0 Å². The maximum absolute atomic E-state index is 12.5. The molecule has 8 nitrogen and oxygen atoms in total. The lowest BCUT2D eigenvalue weighted by atomic mass is 10.1. The van der Waals surface area contributed by atoms with E-state index < -0.39 is 10.0 Å². The van der Waals surface area contributed by atoms with Gasteiger partial charge >= 0.3 is 6.03 Å². The third-order valence-electron chi connectivity index (χ3n) is 4.73. The second-order valence-corrected chi connectivity index (χ2v) is 8.13. The fourth-order valence-corrected chi connectivity index (χ4v) is 3.33. The molecule has 2 amide bonds. The number of hydrogen-bond donors (Lipinski definition) is 2. The van der Waals surface area contributed by atoms with Crippen molar-refractivity contribution in [3.63, 3.8) is 0 Å². The largest absolute Gasteiger partial charge is 0.493 e. The third-order valence-corrected chi connectivity index (χ3v) is 5.66. The Balaban J connectivity index is 1.93. The van der Waals surface area contributed by atoms with Crippen LogP contribution in [0.15, 0.2) is 47.4 Å². The predicted molar refractivity (Wildman–Crippen MR) is 111 cm³/mol. The Morgan fingerprint density at radius 2 is 1.72 bits per heavy atom. The highest BCUT2D eigenvalue weighted by Gasteiger charge is 2.18. The van der Waals surface area contributed by atoms with Crippen molar-refractivity contribution in [2.75, 3.05) is 27.8 Å². The van der Waals surface area contributed by atoms with Gasteiger partial charge in [0.1, 0.15) is 0 Å². The highest BCUT2D eigenvalue weighted by molar-refractivity contribution is 7.89. The van der Waals surface area contributed by atoms with Crippen LogP contribution in [-0.2, 0) is 16.4 Å². The van der Waals surface area contributed by atoms with Crippen LogP contribution in [0.4, 0.5) is 4.79 Å². The number of amides is 2. The standard InChI is InChI=1S/C20H27N3O5S/c1-14(16-6-8-17(9-7-16)29(21,25)26)23(2)20(24)22-12-11-15-5-10-18(27-3)19(13-15)28-4/h5-10,13-14H,11-12H2,1-4H3,(H,22,24)(H2,21,25,26)/t14-/m1/s1. The zero-order valence-corrected chi connectivity index (χ0v) is 17.8. The van der Waals surface area contributed by atoms with E-state index in [1.165, 1.54) is 12.1 Å². The molecule has 0 unspecified atom stereocenters. The predicted octanol–water partition coefficient (Wildman–Crippen LogP) is 2.30. The van der Waals surface area contributed by atoms with Gasteiger partial charge in [0, 0.05) is 13.6 Å². The summed E-state index contributed by atoms with van der Waals surface area (Å²) in [5.74, 6) is 1.30. The summed E-state index contributed by atoms with van der Waals surface area (Å²) in [5, 5.41) is 7.99. The molecule has 158 valence electrons. The summed E-state index contributed by atoms with van der Waals surface area (Å²) in [7, 11) is 1.10. The van der Waals surface area contributed by atoms with Crippen LogP contribution in [0.1, 0.15) is 24.1 Å². The summed E-state index contributed by atoms with van der Waals surface area (Å²) in [6, 6.07) is 11.3. The third kappa shape index (κ3) is 5.85. The number of carbonyl (C=O) groups excluding carboxylic acids is 1. The number of carbonyl (C=O) groups is 1. The van der Waals surface area contributed by atoms with Gasteiger partial charge in [-0.3, -0.25) is 0 Å². The van der Waals surface area contributed by atoms with Gasteiger partial charge in [0.15, 0.2) is 11.5 Å². The molecule has 0 heterocycles. The lowest BCUT2D eigenvalue weighted by Crippen LogP contribution is -2.39. The number of hydrogen-bond acceptors (Lipinski definition) is 5. The Morgan fingerprint density at radius 3 is 2.28 bits per heavy atom. The average molecular weight is 422 g/mol. The number of primary sulfonamides is 1. The highest BCUT2D eigenvalue weighted by Crippen LogP contribution is 2.27. The molecule has 2 aromatic carbocycles. The van der Waals surface area contributed by atoms with E-state index in [0.29, 0.717) is 24.5 Å². The van der Waals surface area contributed by atoms with Crippen molar-refractivity contribution >= 4 is 16.1 Å². The molecule has 0 aliphatic rings. The molecule has 2 aromatic rings. The van der Waals surface area contributed by atoms with Crippen molar-refractivity contribution in [1.29, 1.82) is 0 Å². The fourth-order valence-electron chi connectivity index (χ4n) is 2.81. The molecule has 29 heavy (non-hydrogen) atoms. The zero-order valence-electron chi connectivity index (χ0n) is 17.0. The maximum Gasteiger partial charge on any atom is 0.317 e. The lowest BCUT2D eigenvalue weighted by Gasteiger charge is -2.25. The van der Waals surface area contributed by atoms with Crippen molar-refractivity contribution in [3.05, 3.63) is 53.6 Å². The Kier molecular flexibility index (Phi) is 7.46. The fraction of sp³-hybridized carbons (Fsp3) is 0.350. The first-order chi connectivity index (χ1) is 13.7. The van der Waals surface area contributed by atoms with Crippen molar-refractivity contribution in [1.82, 2.24) is 10.2 Å². The number of nitrogens with zero attached hydrogens (tertiary/aromatic N) is 1. The van der Waals surface area contributed by atoms with E-state index in [4.69, 9.17) is 14.6 Å². The van der Waals surface area contributed by atoms with Gasteiger partial charge in [-0.1, -0.05) is 18.2 Å². The monoisotopic (exact) mass is 421 g/mol. The number of rotatable bonds is 8. The zero-order chi connectivity index (χ0) is 21.6. The van der Waals surface area contributed by atoms with Gasteiger partial charge in [-0.05, 0) is 48.7 Å². The van der Waals surface area contributed by atoms with Gasteiger partial charge in [-0.15, -0.1) is 0 Å². The van der Waals surface area contributed by atoms with Gasteiger partial charge in [-0.2, -0.15) is 0 Å². The van der Waals surface area contributed by atoms with Gasteiger partial charge in [0.25, 0.3) is 0 Å². The molecule has 0 fully saturated rings. The second kappa shape index (κ2) is 9.62. The van der Waals surface area contributed by atoms with Crippen molar-refractivity contribution < 1.29 is 22.7 Å². The number of ether oxygens (including phenoxy) is 2. The molecule has 2 rings (SSSR count). The minimum absolute atomic E-state index is 0.0375. The summed E-state index contributed by atoms with van der Waals surface area (Å²) in [4.78, 5) is 14.0. The smallest absolute Gasteiger partial charge is 0.317 e. The number of methoxy groups -OCH3 is 2. The Morgan fingerprint density at radius 1 is 1.10 bits per heavy atom. The van der Waals surface area contributed by atoms with Crippen molar-refractivity contribution in [2.45, 2.75) is 24.3 Å². The van der Waals surface area contributed by atoms with Crippen LogP contribution < -0.4 is 19.9 Å². The summed E-state index contributed by atoms with van der Waals surface area (Å²) >= 11 is 0. The number of sulfonamides is 1. The first-order valence-electron chi connectivity index (χ1n) is 9.01. The van der Waals surface area contributed by atoms with E-state index in [1.54, 1.807) is 38.3 Å². The van der Waals surface area contributed by atoms with Crippen LogP contribution in [0.5, 0.6) is 11.5 Å². The average Bonchev–Trinajstić information content (AvgIpc) is 2.71.